The van der Waals surface area contributed by atoms with Crippen LogP contribution >= 0.6 is 0 Å². The second kappa shape index (κ2) is 5.63. The lowest BCUT2D eigenvalue weighted by Gasteiger charge is -2.41. The van der Waals surface area contributed by atoms with E-state index in [2.05, 4.69) is 49.1 Å². The van der Waals surface area contributed by atoms with E-state index >= 15 is 0 Å². The number of aromatic nitrogens is 2. The van der Waals surface area contributed by atoms with E-state index in [9.17, 15) is 0 Å². The van der Waals surface area contributed by atoms with Crippen LogP contribution in [0.3, 0.4) is 0 Å². The lowest BCUT2D eigenvalue weighted by atomic mass is 9.97. The third kappa shape index (κ3) is 3.57. The van der Waals surface area contributed by atoms with Crippen molar-refractivity contribution < 1.29 is 0 Å². The minimum absolute atomic E-state index is 0.304. The molecule has 1 saturated heterocycles. The monoisotopic (exact) mass is 264 g/mol. The Kier molecular flexibility index (Phi) is 4.31. The highest BCUT2D eigenvalue weighted by atomic mass is 15.3. The first-order chi connectivity index (χ1) is 8.88. The molecular weight excluding hydrogens is 236 g/mol. The Labute approximate surface area is 117 Å². The summed E-state index contributed by atoms with van der Waals surface area (Å²) < 4.78 is 1.96. The largest absolute Gasteiger partial charge is 0.306 e. The van der Waals surface area contributed by atoms with Gasteiger partial charge in [-0.2, -0.15) is 5.10 Å². The zero-order chi connectivity index (χ0) is 14.0. The lowest BCUT2D eigenvalue weighted by molar-refractivity contribution is 0.0940. The van der Waals surface area contributed by atoms with E-state index < -0.39 is 0 Å². The maximum atomic E-state index is 4.24. The summed E-state index contributed by atoms with van der Waals surface area (Å²) in [5, 5.41) is 7.99. The van der Waals surface area contributed by atoms with Crippen LogP contribution in [0.25, 0.3) is 0 Å². The Morgan fingerprint density at radius 2 is 1.95 bits per heavy atom. The Morgan fingerprint density at radius 3 is 2.42 bits per heavy atom. The van der Waals surface area contributed by atoms with Crippen LogP contribution in [-0.2, 0) is 7.05 Å². The van der Waals surface area contributed by atoms with Gasteiger partial charge in [0.1, 0.15) is 0 Å². The van der Waals surface area contributed by atoms with Gasteiger partial charge in [0.25, 0.3) is 0 Å². The van der Waals surface area contributed by atoms with Crippen LogP contribution in [0, 0.1) is 0 Å². The summed E-state index contributed by atoms with van der Waals surface area (Å²) >= 11 is 0. The number of hydrogen-bond acceptors (Lipinski definition) is 3. The average Bonchev–Trinajstić information content (AvgIpc) is 2.75. The smallest absolute Gasteiger partial charge is 0.0547 e. The number of hydrogen-bond donors (Lipinski definition) is 1. The van der Waals surface area contributed by atoms with Crippen molar-refractivity contribution in [3.05, 3.63) is 18.0 Å². The number of likely N-dealkylation sites (tertiary alicyclic amines) is 1. The third-order valence-corrected chi connectivity index (χ3v) is 4.23. The third-order valence-electron chi connectivity index (χ3n) is 4.23. The van der Waals surface area contributed by atoms with Crippen molar-refractivity contribution in [1.82, 2.24) is 20.0 Å². The van der Waals surface area contributed by atoms with E-state index in [0.717, 1.165) is 0 Å². The molecule has 108 valence electrons. The van der Waals surface area contributed by atoms with Crippen molar-refractivity contribution in [3.8, 4) is 0 Å². The lowest BCUT2D eigenvalue weighted by Crippen LogP contribution is -2.50. The van der Waals surface area contributed by atoms with Gasteiger partial charge in [0.2, 0.25) is 0 Å². The molecule has 1 unspecified atom stereocenters. The minimum Gasteiger partial charge on any atom is -0.306 e. The maximum absolute atomic E-state index is 4.24. The van der Waals surface area contributed by atoms with Gasteiger partial charge in [0, 0.05) is 44.0 Å². The standard InChI is InChI=1S/C15H28N4/c1-12(14-6-9-16-18(14)5)17-13-7-10-19(11-8-13)15(2,3)4/h6,9,12-13,17H,7-8,10-11H2,1-5H3. The molecule has 0 aromatic carbocycles. The molecule has 2 heterocycles. The summed E-state index contributed by atoms with van der Waals surface area (Å²) in [5.41, 5.74) is 1.57. The Morgan fingerprint density at radius 1 is 1.32 bits per heavy atom. The van der Waals surface area contributed by atoms with Gasteiger partial charge in [-0.25, -0.2) is 0 Å². The summed E-state index contributed by atoms with van der Waals surface area (Å²) in [6, 6.07) is 3.10. The van der Waals surface area contributed by atoms with Gasteiger partial charge in [0.05, 0.1) is 5.69 Å². The van der Waals surface area contributed by atoms with Crippen molar-refractivity contribution in [2.24, 2.45) is 7.05 Å². The van der Waals surface area contributed by atoms with Gasteiger partial charge in [-0.15, -0.1) is 0 Å². The number of piperidine rings is 1. The zero-order valence-corrected chi connectivity index (χ0v) is 13.0. The van der Waals surface area contributed by atoms with E-state index in [4.69, 9.17) is 0 Å². The number of nitrogens with zero attached hydrogens (tertiary/aromatic N) is 3. The highest BCUT2D eigenvalue weighted by Gasteiger charge is 2.27. The Hall–Kier alpha value is -0.870. The summed E-state index contributed by atoms with van der Waals surface area (Å²) in [5.74, 6) is 0. The molecule has 0 bridgehead atoms. The molecule has 1 aromatic heterocycles. The van der Waals surface area contributed by atoms with Gasteiger partial charge >= 0.3 is 0 Å². The molecule has 0 spiro atoms. The topological polar surface area (TPSA) is 33.1 Å². The van der Waals surface area contributed by atoms with E-state index in [1.54, 1.807) is 0 Å². The van der Waals surface area contributed by atoms with Crippen LogP contribution in [-0.4, -0.2) is 39.4 Å². The molecule has 1 atom stereocenters. The van der Waals surface area contributed by atoms with E-state index in [1.165, 1.54) is 31.6 Å². The normalized spacial score (nSPS) is 20.7. The first kappa shape index (κ1) is 14.5. The van der Waals surface area contributed by atoms with Crippen LogP contribution in [0.2, 0.25) is 0 Å². The maximum Gasteiger partial charge on any atom is 0.0547 e. The molecule has 0 saturated carbocycles. The van der Waals surface area contributed by atoms with Crippen LogP contribution in [0.15, 0.2) is 12.3 Å². The van der Waals surface area contributed by atoms with Crippen molar-refractivity contribution in [2.45, 2.75) is 58.2 Å². The molecule has 0 aliphatic carbocycles. The van der Waals surface area contributed by atoms with Gasteiger partial charge in [-0.3, -0.25) is 9.58 Å². The highest BCUT2D eigenvalue weighted by molar-refractivity contribution is 5.05. The fraction of sp³-hybridized carbons (Fsp3) is 0.800. The van der Waals surface area contributed by atoms with Crippen LogP contribution < -0.4 is 5.32 Å². The van der Waals surface area contributed by atoms with Crippen molar-refractivity contribution >= 4 is 0 Å². The first-order valence-corrected chi connectivity index (χ1v) is 7.37. The Bertz CT molecular complexity index is 397. The fourth-order valence-electron chi connectivity index (χ4n) is 2.96. The molecule has 2 rings (SSSR count). The van der Waals surface area contributed by atoms with Crippen molar-refractivity contribution in [2.75, 3.05) is 13.1 Å². The Balaban J connectivity index is 1.85. The van der Waals surface area contributed by atoms with Gasteiger partial charge in [0.15, 0.2) is 0 Å². The molecule has 0 radical (unpaired) electrons. The number of aryl methyl sites for hydroxylation is 1. The van der Waals surface area contributed by atoms with Gasteiger partial charge in [-0.1, -0.05) is 0 Å². The van der Waals surface area contributed by atoms with E-state index in [0.29, 0.717) is 17.6 Å². The SMILES string of the molecule is CC(NC1CCN(C(C)(C)C)CC1)c1ccnn1C. The minimum atomic E-state index is 0.304. The highest BCUT2D eigenvalue weighted by Crippen LogP contribution is 2.22. The molecule has 0 amide bonds. The summed E-state index contributed by atoms with van der Waals surface area (Å²) in [6.07, 6.45) is 4.34. The first-order valence-electron chi connectivity index (χ1n) is 7.37. The molecule has 1 aliphatic heterocycles. The molecule has 1 N–H and O–H groups in total. The van der Waals surface area contributed by atoms with Crippen LogP contribution in [0.4, 0.5) is 0 Å². The van der Waals surface area contributed by atoms with Gasteiger partial charge < -0.3 is 5.32 Å². The molecular formula is C15H28N4. The summed E-state index contributed by atoms with van der Waals surface area (Å²) in [7, 11) is 2.01. The quantitative estimate of drug-likeness (QED) is 0.909. The predicted octanol–water partition coefficient (Wildman–Crippen LogP) is 2.33. The van der Waals surface area contributed by atoms with E-state index in [1.807, 2.05) is 17.9 Å². The molecule has 19 heavy (non-hydrogen) atoms. The molecule has 4 heteroatoms. The van der Waals surface area contributed by atoms with E-state index in [-0.39, 0.29) is 0 Å². The second-order valence-electron chi connectivity index (χ2n) is 6.70. The fourth-order valence-corrected chi connectivity index (χ4v) is 2.96. The number of nitrogens with one attached hydrogen (secondary N) is 1. The summed E-state index contributed by atoms with van der Waals surface area (Å²) in [6.45, 7) is 11.5. The second-order valence-corrected chi connectivity index (χ2v) is 6.70. The van der Waals surface area contributed by atoms with Crippen molar-refractivity contribution in [1.29, 1.82) is 0 Å². The summed E-state index contributed by atoms with van der Waals surface area (Å²) in [4.78, 5) is 2.58. The van der Waals surface area contributed by atoms with Crippen LogP contribution in [0.1, 0.15) is 52.3 Å². The van der Waals surface area contributed by atoms with Crippen LogP contribution in [0.5, 0.6) is 0 Å². The molecule has 1 aromatic rings. The number of rotatable bonds is 3. The predicted molar refractivity (Wildman–Crippen MR) is 79.1 cm³/mol. The van der Waals surface area contributed by atoms with Gasteiger partial charge in [-0.05, 0) is 46.6 Å². The zero-order valence-electron chi connectivity index (χ0n) is 13.0. The average molecular weight is 264 g/mol. The molecule has 1 fully saturated rings. The molecule has 1 aliphatic rings. The molecule has 4 nitrogen and oxygen atoms in total. The van der Waals surface area contributed by atoms with Crippen molar-refractivity contribution in [3.63, 3.8) is 0 Å².